The predicted octanol–water partition coefficient (Wildman–Crippen LogP) is 0.861. The van der Waals surface area contributed by atoms with Crippen molar-refractivity contribution < 1.29 is 33.4 Å². The number of primary amides is 1. The average Bonchev–Trinajstić information content (AvgIpc) is 2.71. The number of alkyl carbamates (subject to hydrolysis) is 1. The number of ether oxygens (including phenoxy) is 2. The van der Waals surface area contributed by atoms with Crippen molar-refractivity contribution in [2.75, 3.05) is 20.7 Å². The maximum atomic E-state index is 13.3. The first-order valence-corrected chi connectivity index (χ1v) is 10.6. The van der Waals surface area contributed by atoms with Gasteiger partial charge in [-0.25, -0.2) is 4.79 Å². The zero-order valence-electron chi connectivity index (χ0n) is 20.7. The number of aryl methyl sites for hydroxylation is 2. The second-order valence-corrected chi connectivity index (χ2v) is 8.86. The van der Waals surface area contributed by atoms with Crippen LogP contribution in [0.4, 0.5) is 4.79 Å². The Hall–Kier alpha value is -3.63. The van der Waals surface area contributed by atoms with Crippen molar-refractivity contribution in [3.63, 3.8) is 0 Å². The lowest BCUT2D eigenvalue weighted by molar-refractivity contribution is -0.144. The van der Waals surface area contributed by atoms with E-state index in [1.54, 1.807) is 39.0 Å². The molecule has 0 fully saturated rings. The second kappa shape index (κ2) is 12.0. The van der Waals surface area contributed by atoms with Gasteiger partial charge in [0.25, 0.3) is 0 Å². The number of nitrogens with zero attached hydrogens (tertiary/aromatic N) is 1. The maximum Gasteiger partial charge on any atom is 0.408 e. The van der Waals surface area contributed by atoms with Crippen molar-refractivity contribution in [3.05, 3.63) is 34.9 Å². The number of carbonyl (C=O) groups is 5. The fourth-order valence-corrected chi connectivity index (χ4v) is 3.04. The minimum Gasteiger partial charge on any atom is -0.468 e. The Labute approximate surface area is 199 Å². The largest absolute Gasteiger partial charge is 0.468 e. The molecule has 0 bridgehead atoms. The molecule has 0 aliphatic rings. The van der Waals surface area contributed by atoms with Crippen molar-refractivity contribution >= 4 is 29.8 Å². The highest BCUT2D eigenvalue weighted by Gasteiger charge is 2.35. The summed E-state index contributed by atoms with van der Waals surface area (Å²) in [6.07, 6.45) is -1.43. The van der Waals surface area contributed by atoms with E-state index in [4.69, 9.17) is 10.5 Å². The lowest BCUT2D eigenvalue weighted by Crippen LogP contribution is -2.53. The lowest BCUT2D eigenvalue weighted by Gasteiger charge is -2.31. The van der Waals surface area contributed by atoms with Crippen LogP contribution in [0.2, 0.25) is 0 Å². The fourth-order valence-electron chi connectivity index (χ4n) is 3.04. The molecule has 34 heavy (non-hydrogen) atoms. The molecule has 1 aromatic carbocycles. The summed E-state index contributed by atoms with van der Waals surface area (Å²) >= 11 is 0. The predicted molar refractivity (Wildman–Crippen MR) is 123 cm³/mol. The van der Waals surface area contributed by atoms with Crippen LogP contribution in [-0.4, -0.2) is 67.0 Å². The van der Waals surface area contributed by atoms with Crippen LogP contribution < -0.4 is 16.4 Å². The van der Waals surface area contributed by atoms with Crippen molar-refractivity contribution in [2.24, 2.45) is 5.73 Å². The van der Waals surface area contributed by atoms with Gasteiger partial charge in [-0.3, -0.25) is 19.2 Å². The van der Waals surface area contributed by atoms with Gasteiger partial charge in [0, 0.05) is 7.05 Å². The zero-order chi connectivity index (χ0) is 26.2. The number of carbonyl (C=O) groups excluding carboxylic acids is 5. The summed E-state index contributed by atoms with van der Waals surface area (Å²) in [7, 11) is 2.53. The molecule has 11 heteroatoms. The molecule has 2 atom stereocenters. The number of rotatable bonds is 9. The summed E-state index contributed by atoms with van der Waals surface area (Å²) in [6.45, 7) is 8.28. The van der Waals surface area contributed by atoms with E-state index in [1.165, 1.54) is 14.2 Å². The van der Waals surface area contributed by atoms with Gasteiger partial charge in [-0.2, -0.15) is 0 Å². The molecular weight excluding hydrogens is 444 g/mol. The number of amides is 4. The van der Waals surface area contributed by atoms with Crippen LogP contribution in [0, 0.1) is 13.8 Å². The molecule has 0 aliphatic heterocycles. The van der Waals surface area contributed by atoms with E-state index in [0.717, 1.165) is 16.0 Å². The molecule has 0 saturated heterocycles. The highest BCUT2D eigenvalue weighted by Crippen LogP contribution is 2.24. The normalized spacial score (nSPS) is 12.7. The number of nitrogens with one attached hydrogen (secondary N) is 2. The molecule has 188 valence electrons. The maximum absolute atomic E-state index is 13.3. The van der Waals surface area contributed by atoms with Crippen molar-refractivity contribution in [2.45, 2.75) is 58.7 Å². The Morgan fingerprint density at radius 1 is 1.09 bits per heavy atom. The van der Waals surface area contributed by atoms with Crippen LogP contribution in [0.1, 0.15) is 49.9 Å². The first-order chi connectivity index (χ1) is 15.7. The van der Waals surface area contributed by atoms with Gasteiger partial charge >= 0.3 is 12.1 Å². The van der Waals surface area contributed by atoms with Gasteiger partial charge in [0.2, 0.25) is 17.7 Å². The summed E-state index contributed by atoms with van der Waals surface area (Å²) in [6, 6.07) is 2.67. The molecule has 4 amide bonds. The quantitative estimate of drug-likeness (QED) is 0.444. The average molecular weight is 479 g/mol. The Kier molecular flexibility index (Phi) is 10.0. The molecular formula is C23H34N4O7. The van der Waals surface area contributed by atoms with Gasteiger partial charge in [0.1, 0.15) is 24.2 Å². The Morgan fingerprint density at radius 2 is 1.71 bits per heavy atom. The standard InChI is InChI=1S/C23H34N4O7/c1-13-8-9-15(10-14(13)2)19(20(30)25-12-18(29)33-7)27(6)21(31)16(11-17(24)28)26-22(32)34-23(3,4)5/h8-10,16,19H,11-12H2,1-7H3,(H2,24,28)(H,25,30)(H,26,32). The minimum atomic E-state index is -1.38. The number of hydrogen-bond acceptors (Lipinski definition) is 7. The van der Waals surface area contributed by atoms with Gasteiger partial charge in [-0.1, -0.05) is 18.2 Å². The molecule has 0 saturated carbocycles. The highest BCUT2D eigenvalue weighted by molar-refractivity contribution is 5.95. The minimum absolute atomic E-state index is 0.403. The zero-order valence-corrected chi connectivity index (χ0v) is 20.7. The number of hydrogen-bond donors (Lipinski definition) is 3. The third-order valence-electron chi connectivity index (χ3n) is 4.86. The van der Waals surface area contributed by atoms with E-state index < -0.39 is 60.4 Å². The molecule has 11 nitrogen and oxygen atoms in total. The van der Waals surface area contributed by atoms with E-state index in [2.05, 4.69) is 15.4 Å². The van der Waals surface area contributed by atoms with Crippen LogP contribution in [0.15, 0.2) is 18.2 Å². The van der Waals surface area contributed by atoms with Crippen LogP contribution in [0.3, 0.4) is 0 Å². The first-order valence-electron chi connectivity index (χ1n) is 10.6. The molecule has 0 heterocycles. The number of benzene rings is 1. The summed E-state index contributed by atoms with van der Waals surface area (Å²) in [4.78, 5) is 62.8. The SMILES string of the molecule is COC(=O)CNC(=O)C(c1ccc(C)c(C)c1)N(C)C(=O)C(CC(N)=O)NC(=O)OC(C)(C)C. The van der Waals surface area contributed by atoms with E-state index in [1.807, 2.05) is 13.8 Å². The monoisotopic (exact) mass is 478 g/mol. The van der Waals surface area contributed by atoms with Crippen LogP contribution in [0.25, 0.3) is 0 Å². The smallest absolute Gasteiger partial charge is 0.408 e. The molecule has 0 radical (unpaired) electrons. The van der Waals surface area contributed by atoms with Gasteiger partial charge in [-0.05, 0) is 51.3 Å². The van der Waals surface area contributed by atoms with Gasteiger partial charge in [0.15, 0.2) is 0 Å². The van der Waals surface area contributed by atoms with Gasteiger partial charge < -0.3 is 30.7 Å². The molecule has 1 rings (SSSR count). The summed E-state index contributed by atoms with van der Waals surface area (Å²) in [5.74, 6) is -2.90. The fraction of sp³-hybridized carbons (Fsp3) is 0.522. The Balaban J connectivity index is 3.30. The summed E-state index contributed by atoms with van der Waals surface area (Å²) in [5.41, 5.74) is 6.77. The van der Waals surface area contributed by atoms with Crippen molar-refractivity contribution in [1.29, 1.82) is 0 Å². The third-order valence-corrected chi connectivity index (χ3v) is 4.86. The van der Waals surface area contributed by atoms with Gasteiger partial charge in [0.05, 0.1) is 13.5 Å². The van der Waals surface area contributed by atoms with Gasteiger partial charge in [-0.15, -0.1) is 0 Å². The van der Waals surface area contributed by atoms with Crippen LogP contribution in [0.5, 0.6) is 0 Å². The summed E-state index contributed by atoms with van der Waals surface area (Å²) < 4.78 is 9.72. The van der Waals surface area contributed by atoms with Crippen LogP contribution >= 0.6 is 0 Å². The lowest BCUT2D eigenvalue weighted by atomic mass is 9.98. The molecule has 0 spiro atoms. The number of esters is 1. The van der Waals surface area contributed by atoms with E-state index >= 15 is 0 Å². The van der Waals surface area contributed by atoms with E-state index in [9.17, 15) is 24.0 Å². The summed E-state index contributed by atoms with van der Waals surface area (Å²) in [5, 5.41) is 4.79. The number of likely N-dealkylation sites (N-methyl/N-ethyl adjacent to an activating group) is 1. The Bertz CT molecular complexity index is 940. The number of nitrogens with two attached hydrogens (primary N) is 1. The Morgan fingerprint density at radius 3 is 2.21 bits per heavy atom. The topological polar surface area (TPSA) is 157 Å². The molecule has 1 aromatic rings. The molecule has 0 aromatic heterocycles. The second-order valence-electron chi connectivity index (χ2n) is 8.86. The molecule has 4 N–H and O–H groups in total. The third kappa shape index (κ3) is 8.72. The van der Waals surface area contributed by atoms with Crippen molar-refractivity contribution in [3.8, 4) is 0 Å². The highest BCUT2D eigenvalue weighted by atomic mass is 16.6. The number of methoxy groups -OCH3 is 1. The van der Waals surface area contributed by atoms with E-state index in [-0.39, 0.29) is 0 Å². The van der Waals surface area contributed by atoms with E-state index in [0.29, 0.717) is 5.56 Å². The van der Waals surface area contributed by atoms with Crippen LogP contribution in [-0.2, 0) is 28.7 Å². The molecule has 0 aliphatic carbocycles. The first kappa shape index (κ1) is 28.4. The van der Waals surface area contributed by atoms with Crippen molar-refractivity contribution in [1.82, 2.24) is 15.5 Å². The molecule has 2 unspecified atom stereocenters.